The SMILES string of the molecule is CC(C)(c1ccccc1)N1C(=O)c2c(I)cc(F)cc2C1O. The van der Waals surface area contributed by atoms with E-state index in [0.29, 0.717) is 14.7 Å². The van der Waals surface area contributed by atoms with Gasteiger partial charge in [-0.1, -0.05) is 30.3 Å². The molecular formula is C17H15FINO2. The van der Waals surface area contributed by atoms with Crippen molar-refractivity contribution in [3.8, 4) is 0 Å². The number of rotatable bonds is 2. The van der Waals surface area contributed by atoms with Crippen molar-refractivity contribution >= 4 is 28.5 Å². The lowest BCUT2D eigenvalue weighted by Crippen LogP contribution is -2.44. The zero-order valence-electron chi connectivity index (χ0n) is 12.2. The minimum Gasteiger partial charge on any atom is -0.369 e. The van der Waals surface area contributed by atoms with Gasteiger partial charge in [-0.15, -0.1) is 0 Å². The first-order valence-corrected chi connectivity index (χ1v) is 7.98. The smallest absolute Gasteiger partial charge is 0.258 e. The Balaban J connectivity index is 2.11. The highest BCUT2D eigenvalue weighted by Gasteiger charge is 2.45. The van der Waals surface area contributed by atoms with Crippen LogP contribution in [0.15, 0.2) is 42.5 Å². The topological polar surface area (TPSA) is 40.5 Å². The first-order valence-electron chi connectivity index (χ1n) is 6.90. The fourth-order valence-electron chi connectivity index (χ4n) is 2.94. The van der Waals surface area contributed by atoms with E-state index >= 15 is 0 Å². The minimum atomic E-state index is -1.15. The van der Waals surface area contributed by atoms with E-state index in [1.54, 1.807) is 0 Å². The molecule has 1 aliphatic heterocycles. The summed E-state index contributed by atoms with van der Waals surface area (Å²) >= 11 is 1.93. The van der Waals surface area contributed by atoms with Crippen molar-refractivity contribution in [2.24, 2.45) is 0 Å². The summed E-state index contributed by atoms with van der Waals surface area (Å²) in [7, 11) is 0. The molecule has 2 aromatic rings. The number of hydrogen-bond donors (Lipinski definition) is 1. The Kier molecular flexibility index (Phi) is 3.72. The molecule has 5 heteroatoms. The van der Waals surface area contributed by atoms with Crippen LogP contribution in [-0.2, 0) is 5.54 Å². The lowest BCUT2D eigenvalue weighted by Gasteiger charge is -2.38. The fourth-order valence-corrected chi connectivity index (χ4v) is 3.78. The third-order valence-electron chi connectivity index (χ3n) is 4.12. The Morgan fingerprint density at radius 3 is 2.50 bits per heavy atom. The van der Waals surface area contributed by atoms with Gasteiger partial charge in [-0.2, -0.15) is 0 Å². The van der Waals surface area contributed by atoms with Gasteiger partial charge in [-0.3, -0.25) is 9.69 Å². The van der Waals surface area contributed by atoms with Crippen LogP contribution in [0.2, 0.25) is 0 Å². The van der Waals surface area contributed by atoms with E-state index in [9.17, 15) is 14.3 Å². The number of hydrogen-bond acceptors (Lipinski definition) is 2. The van der Waals surface area contributed by atoms with E-state index in [0.717, 1.165) is 5.56 Å². The van der Waals surface area contributed by atoms with Crippen LogP contribution in [0.3, 0.4) is 0 Å². The van der Waals surface area contributed by atoms with Gasteiger partial charge in [0, 0.05) is 9.13 Å². The number of benzene rings is 2. The number of nitrogens with zero attached hydrogens (tertiary/aromatic N) is 1. The minimum absolute atomic E-state index is 0.277. The molecule has 1 atom stereocenters. The molecule has 0 radical (unpaired) electrons. The van der Waals surface area contributed by atoms with Crippen molar-refractivity contribution in [1.29, 1.82) is 0 Å². The van der Waals surface area contributed by atoms with Crippen molar-refractivity contribution in [2.45, 2.75) is 25.6 Å². The second kappa shape index (κ2) is 5.31. The van der Waals surface area contributed by atoms with E-state index in [2.05, 4.69) is 0 Å². The molecule has 0 bridgehead atoms. The Hall–Kier alpha value is -1.47. The van der Waals surface area contributed by atoms with E-state index in [-0.39, 0.29) is 5.91 Å². The summed E-state index contributed by atoms with van der Waals surface area (Å²) in [4.78, 5) is 14.2. The van der Waals surface area contributed by atoms with E-state index < -0.39 is 17.6 Å². The van der Waals surface area contributed by atoms with Crippen LogP contribution in [0.25, 0.3) is 0 Å². The van der Waals surface area contributed by atoms with Gasteiger partial charge in [0.05, 0.1) is 11.1 Å². The summed E-state index contributed by atoms with van der Waals surface area (Å²) in [5, 5.41) is 10.6. The van der Waals surface area contributed by atoms with Gasteiger partial charge in [0.2, 0.25) is 0 Å². The van der Waals surface area contributed by atoms with Crippen LogP contribution in [0.4, 0.5) is 4.39 Å². The molecular weight excluding hydrogens is 396 g/mol. The number of carbonyl (C=O) groups excluding carboxylic acids is 1. The summed E-state index contributed by atoms with van der Waals surface area (Å²) < 4.78 is 14.1. The van der Waals surface area contributed by atoms with E-state index in [4.69, 9.17) is 0 Å². The Morgan fingerprint density at radius 2 is 1.86 bits per heavy atom. The molecule has 1 unspecified atom stereocenters. The van der Waals surface area contributed by atoms with Gasteiger partial charge in [0.1, 0.15) is 5.82 Å². The predicted octanol–water partition coefficient (Wildman–Crippen LogP) is 3.81. The number of amides is 1. The quantitative estimate of drug-likeness (QED) is 0.764. The second-order valence-corrected chi connectivity index (χ2v) is 6.99. The third kappa shape index (κ3) is 2.23. The Morgan fingerprint density at radius 1 is 1.23 bits per heavy atom. The molecule has 3 nitrogen and oxygen atoms in total. The normalized spacial score (nSPS) is 17.8. The maximum absolute atomic E-state index is 13.6. The van der Waals surface area contributed by atoms with Gasteiger partial charge >= 0.3 is 0 Å². The van der Waals surface area contributed by atoms with Crippen molar-refractivity contribution in [3.05, 3.63) is 68.5 Å². The second-order valence-electron chi connectivity index (χ2n) is 5.83. The predicted molar refractivity (Wildman–Crippen MR) is 89.7 cm³/mol. The average Bonchev–Trinajstić information content (AvgIpc) is 2.72. The molecule has 1 aliphatic rings. The Bertz CT molecular complexity index is 746. The zero-order valence-corrected chi connectivity index (χ0v) is 14.3. The summed E-state index contributed by atoms with van der Waals surface area (Å²) in [6.45, 7) is 3.75. The van der Waals surface area contributed by atoms with Gasteiger partial charge in [-0.25, -0.2) is 4.39 Å². The van der Waals surface area contributed by atoms with Crippen LogP contribution < -0.4 is 0 Å². The molecule has 1 heterocycles. The first kappa shape index (κ1) is 15.4. The number of halogens is 2. The number of aliphatic hydroxyl groups is 1. The largest absolute Gasteiger partial charge is 0.369 e. The van der Waals surface area contributed by atoms with Crippen LogP contribution >= 0.6 is 22.6 Å². The zero-order chi connectivity index (χ0) is 16.1. The summed E-state index contributed by atoms with van der Waals surface area (Å²) in [6, 6.07) is 12.0. The summed E-state index contributed by atoms with van der Waals surface area (Å²) in [6.07, 6.45) is -1.15. The van der Waals surface area contributed by atoms with Gasteiger partial charge in [0.25, 0.3) is 5.91 Å². The standard InChI is InChI=1S/C17H15FINO2/c1-17(2,10-6-4-3-5-7-10)20-15(21)12-8-11(18)9-13(19)14(12)16(20)22/h3-9,15,21H,1-2H3. The summed E-state index contributed by atoms with van der Waals surface area (Å²) in [5.41, 5.74) is 0.915. The molecule has 0 saturated heterocycles. The van der Waals surface area contributed by atoms with E-state index in [1.807, 2.05) is 66.8 Å². The molecule has 0 aliphatic carbocycles. The van der Waals surface area contributed by atoms with Crippen molar-refractivity contribution in [1.82, 2.24) is 4.90 Å². The fraction of sp³-hybridized carbons (Fsp3) is 0.235. The molecule has 3 rings (SSSR count). The maximum atomic E-state index is 13.6. The third-order valence-corrected chi connectivity index (χ3v) is 4.97. The highest BCUT2D eigenvalue weighted by atomic mass is 127. The molecule has 1 amide bonds. The van der Waals surface area contributed by atoms with Gasteiger partial charge < -0.3 is 5.11 Å². The lowest BCUT2D eigenvalue weighted by molar-refractivity contribution is -0.0306. The van der Waals surface area contributed by atoms with Crippen molar-refractivity contribution in [3.63, 3.8) is 0 Å². The first-order chi connectivity index (χ1) is 10.3. The number of fused-ring (bicyclic) bond motifs is 1. The van der Waals surface area contributed by atoms with Crippen LogP contribution in [0.1, 0.15) is 41.6 Å². The molecule has 2 aromatic carbocycles. The summed E-state index contributed by atoms with van der Waals surface area (Å²) in [5.74, 6) is -0.727. The highest BCUT2D eigenvalue weighted by Crippen LogP contribution is 2.43. The van der Waals surface area contributed by atoms with Crippen molar-refractivity contribution in [2.75, 3.05) is 0 Å². The van der Waals surface area contributed by atoms with Crippen molar-refractivity contribution < 1.29 is 14.3 Å². The maximum Gasteiger partial charge on any atom is 0.258 e. The molecule has 0 fully saturated rings. The molecule has 0 spiro atoms. The number of aliphatic hydroxyl groups excluding tert-OH is 1. The number of carbonyl (C=O) groups is 1. The molecule has 0 aromatic heterocycles. The molecule has 0 saturated carbocycles. The average molecular weight is 411 g/mol. The molecule has 22 heavy (non-hydrogen) atoms. The van der Waals surface area contributed by atoms with Gasteiger partial charge in [-0.05, 0) is 54.1 Å². The van der Waals surface area contributed by atoms with Crippen LogP contribution in [-0.4, -0.2) is 15.9 Å². The van der Waals surface area contributed by atoms with Crippen LogP contribution in [0, 0.1) is 9.39 Å². The lowest BCUT2D eigenvalue weighted by atomic mass is 9.92. The Labute approximate surface area is 141 Å². The highest BCUT2D eigenvalue weighted by molar-refractivity contribution is 14.1. The molecule has 114 valence electrons. The van der Waals surface area contributed by atoms with Gasteiger partial charge in [0.15, 0.2) is 6.23 Å². The monoisotopic (exact) mass is 411 g/mol. The van der Waals surface area contributed by atoms with Crippen LogP contribution in [0.5, 0.6) is 0 Å². The van der Waals surface area contributed by atoms with E-state index in [1.165, 1.54) is 17.0 Å². The molecule has 1 N–H and O–H groups in total.